The van der Waals surface area contributed by atoms with E-state index in [1.54, 1.807) is 24.5 Å². The lowest BCUT2D eigenvalue weighted by molar-refractivity contribution is -0.148. The van der Waals surface area contributed by atoms with Crippen molar-refractivity contribution in [1.29, 1.82) is 0 Å². The third-order valence-corrected chi connectivity index (χ3v) is 3.87. The van der Waals surface area contributed by atoms with Crippen LogP contribution in [-0.4, -0.2) is 26.1 Å². The molecule has 0 spiro atoms. The average Bonchev–Trinajstić information content (AvgIpc) is 2.97. The van der Waals surface area contributed by atoms with Crippen molar-refractivity contribution in [1.82, 2.24) is 14.5 Å². The molecule has 134 valence electrons. The zero-order valence-corrected chi connectivity index (χ0v) is 15.6. The van der Waals surface area contributed by atoms with Gasteiger partial charge in [0.25, 0.3) is 0 Å². The van der Waals surface area contributed by atoms with Crippen LogP contribution in [-0.2, 0) is 16.0 Å². The molecule has 0 amide bonds. The molecule has 2 aromatic heterocycles. The second kappa shape index (κ2) is 7.12. The number of para-hydroxylation sites is 1. The fourth-order valence-electron chi connectivity index (χ4n) is 2.87. The SMILES string of the molecule is CCc1cccc2cc(/C=C/C(=O)OC(C)(C)C)n(-c3ncccn3)c12. The molecule has 3 aromatic rings. The van der Waals surface area contributed by atoms with Crippen LogP contribution in [0.25, 0.3) is 22.9 Å². The summed E-state index contributed by atoms with van der Waals surface area (Å²) in [7, 11) is 0. The van der Waals surface area contributed by atoms with E-state index in [4.69, 9.17) is 4.74 Å². The highest BCUT2D eigenvalue weighted by molar-refractivity contribution is 5.91. The van der Waals surface area contributed by atoms with Crippen molar-refractivity contribution in [2.75, 3.05) is 0 Å². The molecule has 1 aromatic carbocycles. The van der Waals surface area contributed by atoms with E-state index in [1.165, 1.54) is 11.6 Å². The van der Waals surface area contributed by atoms with Crippen LogP contribution in [0.15, 0.2) is 48.8 Å². The van der Waals surface area contributed by atoms with Gasteiger partial charge < -0.3 is 4.74 Å². The van der Waals surface area contributed by atoms with Gasteiger partial charge in [0.15, 0.2) is 0 Å². The minimum Gasteiger partial charge on any atom is -0.457 e. The van der Waals surface area contributed by atoms with Crippen LogP contribution in [0.4, 0.5) is 0 Å². The molecule has 0 N–H and O–H groups in total. The number of hydrogen-bond donors (Lipinski definition) is 0. The summed E-state index contributed by atoms with van der Waals surface area (Å²) in [6.45, 7) is 7.66. The summed E-state index contributed by atoms with van der Waals surface area (Å²) >= 11 is 0. The van der Waals surface area contributed by atoms with Crippen LogP contribution in [0, 0.1) is 0 Å². The Morgan fingerprint density at radius 3 is 2.58 bits per heavy atom. The van der Waals surface area contributed by atoms with Crippen molar-refractivity contribution < 1.29 is 9.53 Å². The summed E-state index contributed by atoms with van der Waals surface area (Å²) in [6.07, 6.45) is 7.52. The van der Waals surface area contributed by atoms with Crippen LogP contribution in [0.2, 0.25) is 0 Å². The van der Waals surface area contributed by atoms with Gasteiger partial charge >= 0.3 is 5.97 Å². The van der Waals surface area contributed by atoms with Gasteiger partial charge in [-0.05, 0) is 51.0 Å². The number of fused-ring (bicyclic) bond motifs is 1. The average molecular weight is 349 g/mol. The predicted molar refractivity (Wildman–Crippen MR) is 103 cm³/mol. The van der Waals surface area contributed by atoms with Crippen LogP contribution in [0.5, 0.6) is 0 Å². The van der Waals surface area contributed by atoms with E-state index in [-0.39, 0.29) is 5.97 Å². The van der Waals surface area contributed by atoms with Gasteiger partial charge in [0.2, 0.25) is 5.95 Å². The van der Waals surface area contributed by atoms with E-state index in [2.05, 4.69) is 29.0 Å². The maximum absolute atomic E-state index is 12.1. The zero-order valence-electron chi connectivity index (χ0n) is 15.6. The number of ether oxygens (including phenoxy) is 1. The van der Waals surface area contributed by atoms with Gasteiger partial charge in [-0.15, -0.1) is 0 Å². The number of carbonyl (C=O) groups is 1. The molecular formula is C21H23N3O2. The van der Waals surface area contributed by atoms with Gasteiger partial charge in [-0.25, -0.2) is 14.8 Å². The van der Waals surface area contributed by atoms with Crippen molar-refractivity contribution in [3.63, 3.8) is 0 Å². The van der Waals surface area contributed by atoms with Gasteiger partial charge in [-0.3, -0.25) is 4.57 Å². The molecule has 0 bridgehead atoms. The van der Waals surface area contributed by atoms with Crippen LogP contribution in [0.1, 0.15) is 39.0 Å². The second-order valence-electron chi connectivity index (χ2n) is 7.03. The summed E-state index contributed by atoms with van der Waals surface area (Å²) in [5.74, 6) is 0.200. The molecule has 0 saturated heterocycles. The largest absolute Gasteiger partial charge is 0.457 e. The smallest absolute Gasteiger partial charge is 0.331 e. The number of benzene rings is 1. The van der Waals surface area contributed by atoms with Crippen LogP contribution in [0.3, 0.4) is 0 Å². The topological polar surface area (TPSA) is 57.0 Å². The fraction of sp³-hybridized carbons (Fsp3) is 0.286. The third kappa shape index (κ3) is 3.82. The lowest BCUT2D eigenvalue weighted by Gasteiger charge is -2.17. The highest BCUT2D eigenvalue weighted by atomic mass is 16.6. The molecule has 0 atom stereocenters. The van der Waals surface area contributed by atoms with Crippen LogP contribution >= 0.6 is 0 Å². The monoisotopic (exact) mass is 349 g/mol. The Labute approximate surface area is 153 Å². The molecule has 0 aliphatic rings. The lowest BCUT2D eigenvalue weighted by Crippen LogP contribution is -2.22. The first-order valence-corrected chi connectivity index (χ1v) is 8.71. The van der Waals surface area contributed by atoms with Crippen molar-refractivity contribution in [3.8, 4) is 5.95 Å². The molecular weight excluding hydrogens is 326 g/mol. The Morgan fingerprint density at radius 1 is 1.19 bits per heavy atom. The van der Waals surface area contributed by atoms with E-state index < -0.39 is 5.60 Å². The van der Waals surface area contributed by atoms with Gasteiger partial charge in [0.1, 0.15) is 5.60 Å². The van der Waals surface area contributed by atoms with Crippen molar-refractivity contribution in [3.05, 3.63) is 60.1 Å². The second-order valence-corrected chi connectivity index (χ2v) is 7.03. The molecule has 5 nitrogen and oxygen atoms in total. The number of hydrogen-bond acceptors (Lipinski definition) is 4. The third-order valence-electron chi connectivity index (χ3n) is 3.87. The number of nitrogens with zero attached hydrogens (tertiary/aromatic N) is 3. The summed E-state index contributed by atoms with van der Waals surface area (Å²) in [4.78, 5) is 20.9. The molecule has 0 aliphatic carbocycles. The lowest BCUT2D eigenvalue weighted by atomic mass is 10.1. The first-order valence-electron chi connectivity index (χ1n) is 8.71. The predicted octanol–water partition coefficient (Wildman–Crippen LogP) is 4.34. The molecule has 3 rings (SSSR count). The number of esters is 1. The van der Waals surface area contributed by atoms with Gasteiger partial charge in [-0.2, -0.15) is 0 Å². The van der Waals surface area contributed by atoms with Gasteiger partial charge in [0, 0.05) is 23.9 Å². The maximum atomic E-state index is 12.1. The standard InChI is InChI=1S/C21H23N3O2/c1-5-15-8-6-9-16-14-17(10-11-18(25)26-21(2,3)4)24(19(15)16)20-22-12-7-13-23-20/h6-14H,5H2,1-4H3/b11-10+. The number of aromatic nitrogens is 3. The first kappa shape index (κ1) is 17.9. The molecule has 5 heteroatoms. The Bertz CT molecular complexity index is 951. The maximum Gasteiger partial charge on any atom is 0.331 e. The summed E-state index contributed by atoms with van der Waals surface area (Å²) in [5, 5.41) is 1.08. The van der Waals surface area contributed by atoms with Crippen LogP contribution < -0.4 is 0 Å². The normalized spacial score (nSPS) is 12.0. The van der Waals surface area contributed by atoms with E-state index in [1.807, 2.05) is 37.5 Å². The summed E-state index contributed by atoms with van der Waals surface area (Å²) in [6, 6.07) is 10.0. The first-order chi connectivity index (χ1) is 12.4. The summed E-state index contributed by atoms with van der Waals surface area (Å²) < 4.78 is 7.34. The summed E-state index contributed by atoms with van der Waals surface area (Å²) in [5.41, 5.74) is 2.57. The zero-order chi connectivity index (χ0) is 18.7. The number of rotatable bonds is 4. The molecule has 0 fully saturated rings. The molecule has 26 heavy (non-hydrogen) atoms. The minimum absolute atomic E-state index is 0.376. The highest BCUT2D eigenvalue weighted by Crippen LogP contribution is 2.27. The Hall–Kier alpha value is -2.95. The molecule has 0 aliphatic heterocycles. The Balaban J connectivity index is 2.12. The molecule has 0 radical (unpaired) electrons. The van der Waals surface area contributed by atoms with Gasteiger partial charge in [0.05, 0.1) is 11.2 Å². The number of carbonyl (C=O) groups excluding carboxylic acids is 1. The minimum atomic E-state index is -0.522. The Morgan fingerprint density at radius 2 is 1.92 bits per heavy atom. The van der Waals surface area contributed by atoms with E-state index in [0.29, 0.717) is 5.95 Å². The van der Waals surface area contributed by atoms with Crippen molar-refractivity contribution in [2.45, 2.75) is 39.7 Å². The van der Waals surface area contributed by atoms with Crippen molar-refractivity contribution >= 4 is 22.9 Å². The van der Waals surface area contributed by atoms with Crippen molar-refractivity contribution in [2.24, 2.45) is 0 Å². The molecule has 2 heterocycles. The fourth-order valence-corrected chi connectivity index (χ4v) is 2.87. The molecule has 0 saturated carbocycles. The molecule has 0 unspecified atom stereocenters. The van der Waals surface area contributed by atoms with E-state index >= 15 is 0 Å². The number of aryl methyl sites for hydroxylation is 1. The quantitative estimate of drug-likeness (QED) is 0.519. The highest BCUT2D eigenvalue weighted by Gasteiger charge is 2.16. The Kier molecular flexibility index (Phi) is 4.89. The van der Waals surface area contributed by atoms with Gasteiger partial charge in [-0.1, -0.05) is 25.1 Å². The van der Waals surface area contributed by atoms with E-state index in [0.717, 1.165) is 23.0 Å². The van der Waals surface area contributed by atoms with E-state index in [9.17, 15) is 4.79 Å².